The van der Waals surface area contributed by atoms with Crippen molar-refractivity contribution in [1.29, 1.82) is 0 Å². The lowest BCUT2D eigenvalue weighted by atomic mass is 10.1. The highest BCUT2D eigenvalue weighted by Gasteiger charge is 2.20. The fourth-order valence-electron chi connectivity index (χ4n) is 1.85. The van der Waals surface area contributed by atoms with Crippen molar-refractivity contribution >= 4 is 31.2 Å². The van der Waals surface area contributed by atoms with Crippen LogP contribution in [0.5, 0.6) is 5.75 Å². The van der Waals surface area contributed by atoms with Crippen LogP contribution < -0.4 is 5.14 Å². The Labute approximate surface area is 133 Å². The first-order valence-electron chi connectivity index (χ1n) is 6.32. The van der Waals surface area contributed by atoms with Crippen molar-refractivity contribution in [2.45, 2.75) is 21.3 Å². The molecule has 0 spiro atoms. The molecule has 0 radical (unpaired) electrons. The summed E-state index contributed by atoms with van der Waals surface area (Å²) in [6, 6.07) is 9.01. The Morgan fingerprint density at radius 2 is 1.55 bits per heavy atom. The molecule has 0 aliphatic rings. The number of phenols is 1. The van der Waals surface area contributed by atoms with Crippen molar-refractivity contribution in [2.24, 2.45) is 5.14 Å². The average Bonchev–Trinajstić information content (AvgIpc) is 2.91. The number of thiophene rings is 1. The van der Waals surface area contributed by atoms with E-state index in [9.17, 15) is 21.9 Å². The number of rotatable bonds is 6. The van der Waals surface area contributed by atoms with Crippen molar-refractivity contribution in [1.82, 2.24) is 0 Å². The van der Waals surface area contributed by atoms with Crippen molar-refractivity contribution < 1.29 is 21.9 Å². The van der Waals surface area contributed by atoms with Crippen LogP contribution in [0.4, 0.5) is 0 Å². The van der Waals surface area contributed by atoms with Crippen LogP contribution in [-0.4, -0.2) is 27.7 Å². The Morgan fingerprint density at radius 1 is 0.955 bits per heavy atom. The van der Waals surface area contributed by atoms with E-state index in [-0.39, 0.29) is 19.9 Å². The van der Waals surface area contributed by atoms with Gasteiger partial charge in [-0.2, -0.15) is 0 Å². The molecule has 1 aromatic carbocycles. The number of sulfone groups is 1. The zero-order chi connectivity index (χ0) is 16.4. The molecule has 9 heteroatoms. The Balaban J connectivity index is 2.02. The van der Waals surface area contributed by atoms with E-state index in [2.05, 4.69) is 0 Å². The number of hydrogen-bond acceptors (Lipinski definition) is 6. The van der Waals surface area contributed by atoms with E-state index in [0.29, 0.717) is 24.2 Å². The second-order valence-electron chi connectivity index (χ2n) is 4.71. The van der Waals surface area contributed by atoms with Gasteiger partial charge in [0.15, 0.2) is 9.84 Å². The zero-order valence-corrected chi connectivity index (χ0v) is 13.9. The van der Waals surface area contributed by atoms with E-state index in [4.69, 9.17) is 5.14 Å². The van der Waals surface area contributed by atoms with E-state index in [0.717, 1.165) is 5.56 Å². The smallest absolute Gasteiger partial charge is 0.247 e. The molecule has 0 fully saturated rings. The fourth-order valence-corrected chi connectivity index (χ4v) is 5.50. The fraction of sp³-hybridized carbons (Fsp3) is 0.231. The summed E-state index contributed by atoms with van der Waals surface area (Å²) in [4.78, 5) is 0. The number of aryl methyl sites for hydroxylation is 1. The third kappa shape index (κ3) is 4.29. The highest BCUT2D eigenvalue weighted by Crippen LogP contribution is 2.26. The van der Waals surface area contributed by atoms with E-state index in [1.54, 1.807) is 24.3 Å². The Kier molecular flexibility index (Phi) is 4.90. The molecule has 1 heterocycles. The normalized spacial score (nSPS) is 12.4. The summed E-state index contributed by atoms with van der Waals surface area (Å²) in [7, 11) is -7.41. The lowest BCUT2D eigenvalue weighted by Gasteiger charge is -2.03. The zero-order valence-electron chi connectivity index (χ0n) is 11.5. The third-order valence-corrected chi connectivity index (χ3v) is 7.86. The van der Waals surface area contributed by atoms with E-state index in [1.807, 2.05) is 0 Å². The molecule has 0 atom stereocenters. The highest BCUT2D eigenvalue weighted by atomic mass is 32.3. The maximum atomic E-state index is 12.2. The molecule has 0 aliphatic heterocycles. The summed E-state index contributed by atoms with van der Waals surface area (Å²) >= 11 is 0.661. The molecule has 2 rings (SSSR count). The van der Waals surface area contributed by atoms with Crippen LogP contribution in [0.25, 0.3) is 0 Å². The summed E-state index contributed by atoms with van der Waals surface area (Å²) in [5.41, 5.74) is 0.921. The molecule has 0 unspecified atom stereocenters. The molecule has 120 valence electrons. The van der Waals surface area contributed by atoms with E-state index >= 15 is 0 Å². The molecule has 6 nitrogen and oxygen atoms in total. The summed E-state index contributed by atoms with van der Waals surface area (Å²) in [5, 5.41) is 14.1. The van der Waals surface area contributed by atoms with Gasteiger partial charge in [-0.05, 0) is 42.7 Å². The lowest BCUT2D eigenvalue weighted by Crippen LogP contribution is -2.10. The minimum Gasteiger partial charge on any atom is -0.508 e. The van der Waals surface area contributed by atoms with Crippen molar-refractivity contribution in [3.8, 4) is 5.75 Å². The van der Waals surface area contributed by atoms with Gasteiger partial charge in [0.1, 0.15) is 14.2 Å². The molecule has 2 aromatic rings. The second kappa shape index (κ2) is 6.37. The standard InChI is InChI=1S/C13H15NO5S3/c14-22(18,19)13-8-7-12(20-13)21(16,17)9-1-2-10-3-5-11(15)6-4-10/h3-8,15H,1-2,9H2,(H2,14,18,19). The van der Waals surface area contributed by atoms with Crippen molar-refractivity contribution in [2.75, 3.05) is 5.75 Å². The van der Waals surface area contributed by atoms with Gasteiger partial charge in [0.25, 0.3) is 0 Å². The molecule has 1 aromatic heterocycles. The third-order valence-electron chi connectivity index (χ3n) is 2.96. The summed E-state index contributed by atoms with van der Waals surface area (Å²) < 4.78 is 46.5. The number of nitrogens with two attached hydrogens (primary N) is 1. The Morgan fingerprint density at radius 3 is 2.09 bits per heavy atom. The molecule has 0 amide bonds. The van der Waals surface area contributed by atoms with Crippen LogP contribution in [0.15, 0.2) is 44.8 Å². The molecular formula is C13H15NO5S3. The number of primary sulfonamides is 1. The Hall–Kier alpha value is -1.42. The number of hydrogen-bond donors (Lipinski definition) is 2. The van der Waals surface area contributed by atoms with Gasteiger partial charge in [-0.1, -0.05) is 12.1 Å². The minimum absolute atomic E-state index is 0.00207. The maximum absolute atomic E-state index is 12.2. The summed E-state index contributed by atoms with van der Waals surface area (Å²) in [5.74, 6) is 0.0730. The van der Waals surface area contributed by atoms with Crippen LogP contribution >= 0.6 is 11.3 Å². The highest BCUT2D eigenvalue weighted by molar-refractivity contribution is 7.95. The van der Waals surface area contributed by atoms with Gasteiger partial charge >= 0.3 is 0 Å². The molecule has 0 saturated carbocycles. The van der Waals surface area contributed by atoms with Crippen molar-refractivity contribution in [3.63, 3.8) is 0 Å². The van der Waals surface area contributed by atoms with Gasteiger partial charge in [0.05, 0.1) is 5.75 Å². The topological polar surface area (TPSA) is 115 Å². The predicted molar refractivity (Wildman–Crippen MR) is 84.2 cm³/mol. The van der Waals surface area contributed by atoms with Crippen LogP contribution in [-0.2, 0) is 26.3 Å². The molecule has 0 saturated heterocycles. The van der Waals surface area contributed by atoms with Crippen LogP contribution in [0.2, 0.25) is 0 Å². The SMILES string of the molecule is NS(=O)(=O)c1ccc(S(=O)(=O)CCCc2ccc(O)cc2)s1. The first-order chi connectivity index (χ1) is 10.2. The van der Waals surface area contributed by atoms with Gasteiger partial charge in [0.2, 0.25) is 10.0 Å². The molecule has 0 bridgehead atoms. The minimum atomic E-state index is -3.88. The summed E-state index contributed by atoms with van der Waals surface area (Å²) in [6.45, 7) is 0. The monoisotopic (exact) mass is 361 g/mol. The van der Waals surface area contributed by atoms with Crippen molar-refractivity contribution in [3.05, 3.63) is 42.0 Å². The second-order valence-corrected chi connectivity index (χ2v) is 9.92. The van der Waals surface area contributed by atoms with Gasteiger partial charge < -0.3 is 5.11 Å². The molecule has 22 heavy (non-hydrogen) atoms. The van der Waals surface area contributed by atoms with Gasteiger partial charge in [-0.3, -0.25) is 0 Å². The number of sulfonamides is 1. The van der Waals surface area contributed by atoms with Gasteiger partial charge in [0, 0.05) is 0 Å². The largest absolute Gasteiger partial charge is 0.508 e. The van der Waals surface area contributed by atoms with E-state index < -0.39 is 19.9 Å². The van der Waals surface area contributed by atoms with Crippen LogP contribution in [0.3, 0.4) is 0 Å². The molecule has 0 aliphatic carbocycles. The lowest BCUT2D eigenvalue weighted by molar-refractivity contribution is 0.475. The first kappa shape index (κ1) is 16.9. The molecular weight excluding hydrogens is 346 g/mol. The van der Waals surface area contributed by atoms with Gasteiger partial charge in [-0.25, -0.2) is 22.0 Å². The van der Waals surface area contributed by atoms with Gasteiger partial charge in [-0.15, -0.1) is 11.3 Å². The molecule has 3 N–H and O–H groups in total. The number of benzene rings is 1. The number of aromatic hydroxyl groups is 1. The van der Waals surface area contributed by atoms with Crippen LogP contribution in [0.1, 0.15) is 12.0 Å². The quantitative estimate of drug-likeness (QED) is 0.809. The average molecular weight is 361 g/mol. The number of phenolic OH excluding ortho intramolecular Hbond substituents is 1. The maximum Gasteiger partial charge on any atom is 0.247 e. The van der Waals surface area contributed by atoms with E-state index in [1.165, 1.54) is 12.1 Å². The van der Waals surface area contributed by atoms with Crippen LogP contribution in [0, 0.1) is 0 Å². The first-order valence-corrected chi connectivity index (χ1v) is 10.3. The summed E-state index contributed by atoms with van der Waals surface area (Å²) in [6.07, 6.45) is 0.947. The predicted octanol–water partition coefficient (Wildman–Crippen LogP) is 1.51. The Bertz CT molecular complexity index is 851.